The predicted molar refractivity (Wildman–Crippen MR) is 129 cm³/mol. The maximum Gasteiger partial charge on any atom is 0.123 e. The van der Waals surface area contributed by atoms with Crippen molar-refractivity contribution >= 4 is 0 Å². The molecule has 0 amide bonds. The molecule has 0 spiro atoms. The molecule has 33 heavy (non-hydrogen) atoms. The number of rotatable bonds is 4. The Morgan fingerprint density at radius 2 is 1.76 bits per heavy atom. The average Bonchev–Trinajstić information content (AvgIpc) is 3.10. The fraction of sp³-hybridized carbons (Fsp3) is 0.207. The van der Waals surface area contributed by atoms with Crippen molar-refractivity contribution in [1.29, 1.82) is 0 Å². The third kappa shape index (κ3) is 3.92. The van der Waals surface area contributed by atoms with E-state index in [1.807, 2.05) is 30.3 Å². The highest BCUT2D eigenvalue weighted by Crippen LogP contribution is 2.37. The Labute approximate surface area is 194 Å². The first-order valence-corrected chi connectivity index (χ1v) is 11.5. The first kappa shape index (κ1) is 20.2. The number of fused-ring (bicyclic) bond motifs is 4. The zero-order valence-corrected chi connectivity index (χ0v) is 18.4. The Kier molecular flexibility index (Phi) is 5.17. The molecule has 1 N–H and O–H groups in total. The molecule has 1 atom stereocenters. The second-order valence-corrected chi connectivity index (χ2v) is 8.91. The van der Waals surface area contributed by atoms with E-state index in [0.717, 1.165) is 42.9 Å². The molecule has 2 heterocycles. The van der Waals surface area contributed by atoms with E-state index in [4.69, 9.17) is 4.74 Å². The molecule has 4 aromatic rings. The van der Waals surface area contributed by atoms with Gasteiger partial charge in [0.05, 0.1) is 5.69 Å². The van der Waals surface area contributed by atoms with Crippen LogP contribution in [-0.2, 0) is 19.5 Å². The maximum absolute atomic E-state index is 10.8. The summed E-state index contributed by atoms with van der Waals surface area (Å²) in [5.74, 6) is 0.902. The van der Waals surface area contributed by atoms with Crippen LogP contribution >= 0.6 is 0 Å². The molecule has 3 aromatic carbocycles. The molecule has 2 aliphatic rings. The number of hydrogen-bond donors (Lipinski definition) is 1. The second kappa shape index (κ2) is 8.47. The lowest BCUT2D eigenvalue weighted by Crippen LogP contribution is -2.25. The van der Waals surface area contributed by atoms with Crippen LogP contribution in [0.3, 0.4) is 0 Å². The van der Waals surface area contributed by atoms with Crippen molar-refractivity contribution in [2.24, 2.45) is 0 Å². The standard InChI is InChI=1S/C29H26N2O2/c32-29(27-7-3-4-12-30-27)22-9-11-28-24(17-22)19-31(13-14-33-28)18-20-8-10-26-23(15-20)16-21-5-1-2-6-25(21)26/h1-12,15,17,29,32H,13-14,16,18-19H2. The van der Waals surface area contributed by atoms with Crippen molar-refractivity contribution in [2.45, 2.75) is 25.6 Å². The molecule has 0 saturated carbocycles. The molecule has 4 nitrogen and oxygen atoms in total. The number of pyridine rings is 1. The molecule has 0 bridgehead atoms. The Morgan fingerprint density at radius 3 is 2.67 bits per heavy atom. The normalized spacial score (nSPS) is 15.7. The number of benzene rings is 3. The third-order valence-electron chi connectivity index (χ3n) is 6.69. The molecule has 1 aliphatic carbocycles. The monoisotopic (exact) mass is 434 g/mol. The molecular weight excluding hydrogens is 408 g/mol. The Balaban J connectivity index is 1.22. The topological polar surface area (TPSA) is 45.6 Å². The van der Waals surface area contributed by atoms with Crippen LogP contribution in [0.1, 0.15) is 39.6 Å². The summed E-state index contributed by atoms with van der Waals surface area (Å²) in [6, 6.07) is 27.2. The lowest BCUT2D eigenvalue weighted by atomic mass is 10.0. The van der Waals surface area contributed by atoms with E-state index >= 15 is 0 Å². The van der Waals surface area contributed by atoms with Gasteiger partial charge < -0.3 is 9.84 Å². The van der Waals surface area contributed by atoms with Crippen LogP contribution in [0, 0.1) is 0 Å². The maximum atomic E-state index is 10.8. The van der Waals surface area contributed by atoms with E-state index < -0.39 is 6.10 Å². The SMILES string of the molecule is OC(c1ccc2c(c1)CN(Cc1ccc3c(c1)Cc1ccccc1-3)CCO2)c1ccccn1. The zero-order chi connectivity index (χ0) is 22.2. The van der Waals surface area contributed by atoms with E-state index in [0.29, 0.717) is 12.3 Å². The smallest absolute Gasteiger partial charge is 0.123 e. The second-order valence-electron chi connectivity index (χ2n) is 8.91. The van der Waals surface area contributed by atoms with E-state index in [1.54, 1.807) is 6.20 Å². The third-order valence-corrected chi connectivity index (χ3v) is 6.69. The summed E-state index contributed by atoms with van der Waals surface area (Å²) < 4.78 is 6.03. The molecule has 6 rings (SSSR count). The minimum Gasteiger partial charge on any atom is -0.492 e. The summed E-state index contributed by atoms with van der Waals surface area (Å²) in [4.78, 5) is 6.73. The summed E-state index contributed by atoms with van der Waals surface area (Å²) >= 11 is 0. The van der Waals surface area contributed by atoms with Crippen LogP contribution < -0.4 is 4.74 Å². The summed E-state index contributed by atoms with van der Waals surface area (Å²) in [5, 5.41) is 10.8. The summed E-state index contributed by atoms with van der Waals surface area (Å²) in [5.41, 5.74) is 9.50. The minimum absolute atomic E-state index is 0.656. The van der Waals surface area contributed by atoms with Crippen molar-refractivity contribution in [3.63, 3.8) is 0 Å². The lowest BCUT2D eigenvalue weighted by molar-refractivity contribution is 0.214. The van der Waals surface area contributed by atoms with Crippen LogP contribution in [0.5, 0.6) is 5.75 Å². The Morgan fingerprint density at radius 1 is 0.879 bits per heavy atom. The molecule has 1 aliphatic heterocycles. The number of nitrogens with zero attached hydrogens (tertiary/aromatic N) is 2. The molecule has 164 valence electrons. The van der Waals surface area contributed by atoms with Crippen molar-refractivity contribution < 1.29 is 9.84 Å². The highest BCUT2D eigenvalue weighted by molar-refractivity contribution is 5.76. The highest BCUT2D eigenvalue weighted by atomic mass is 16.5. The summed E-state index contributed by atoms with van der Waals surface area (Å²) in [6.45, 7) is 3.19. The highest BCUT2D eigenvalue weighted by Gasteiger charge is 2.21. The molecule has 0 saturated heterocycles. The number of aromatic nitrogens is 1. The first-order valence-electron chi connectivity index (χ1n) is 11.5. The van der Waals surface area contributed by atoms with Gasteiger partial charge in [0.25, 0.3) is 0 Å². The van der Waals surface area contributed by atoms with Gasteiger partial charge in [-0.15, -0.1) is 0 Å². The van der Waals surface area contributed by atoms with Gasteiger partial charge in [0.2, 0.25) is 0 Å². The molecule has 4 heteroatoms. The van der Waals surface area contributed by atoms with Gasteiger partial charge in [0.15, 0.2) is 0 Å². The van der Waals surface area contributed by atoms with E-state index in [1.165, 1.54) is 27.8 Å². The van der Waals surface area contributed by atoms with Crippen molar-refractivity contribution in [1.82, 2.24) is 9.88 Å². The number of aliphatic hydroxyl groups is 1. The molecular formula is C29H26N2O2. The minimum atomic E-state index is -0.744. The first-order chi connectivity index (χ1) is 16.2. The van der Waals surface area contributed by atoms with Crippen LogP contribution in [0.15, 0.2) is 85.1 Å². The van der Waals surface area contributed by atoms with Crippen LogP contribution in [0.2, 0.25) is 0 Å². The molecule has 0 radical (unpaired) electrons. The molecule has 0 fully saturated rings. The van der Waals surface area contributed by atoms with Crippen LogP contribution in [-0.4, -0.2) is 28.1 Å². The fourth-order valence-electron chi connectivity index (χ4n) is 5.04. The van der Waals surface area contributed by atoms with Crippen molar-refractivity contribution in [3.05, 3.63) is 119 Å². The Bertz CT molecular complexity index is 1300. The number of hydrogen-bond acceptors (Lipinski definition) is 4. The van der Waals surface area contributed by atoms with Crippen molar-refractivity contribution in [3.8, 4) is 16.9 Å². The number of aliphatic hydroxyl groups excluding tert-OH is 1. The van der Waals surface area contributed by atoms with Gasteiger partial charge >= 0.3 is 0 Å². The zero-order valence-electron chi connectivity index (χ0n) is 18.4. The molecule has 1 unspecified atom stereocenters. The van der Waals surface area contributed by atoms with Gasteiger partial charge in [-0.1, -0.05) is 54.6 Å². The van der Waals surface area contributed by atoms with Gasteiger partial charge in [-0.05, 0) is 64.1 Å². The quantitative estimate of drug-likeness (QED) is 0.426. The lowest BCUT2D eigenvalue weighted by Gasteiger charge is -2.20. The summed E-state index contributed by atoms with van der Waals surface area (Å²) in [6.07, 6.45) is 1.98. The molecule has 1 aromatic heterocycles. The van der Waals surface area contributed by atoms with E-state index in [-0.39, 0.29) is 0 Å². The predicted octanol–water partition coefficient (Wildman–Crippen LogP) is 5.13. The van der Waals surface area contributed by atoms with Crippen LogP contribution in [0.25, 0.3) is 11.1 Å². The van der Waals surface area contributed by atoms with E-state index in [9.17, 15) is 5.11 Å². The van der Waals surface area contributed by atoms with Gasteiger partial charge in [0.1, 0.15) is 18.5 Å². The van der Waals surface area contributed by atoms with Gasteiger partial charge in [-0.25, -0.2) is 0 Å². The van der Waals surface area contributed by atoms with Crippen molar-refractivity contribution in [2.75, 3.05) is 13.2 Å². The van der Waals surface area contributed by atoms with Crippen LogP contribution in [0.4, 0.5) is 0 Å². The average molecular weight is 435 g/mol. The van der Waals surface area contributed by atoms with Gasteiger partial charge in [-0.3, -0.25) is 9.88 Å². The Hall–Kier alpha value is -3.47. The fourth-order valence-corrected chi connectivity index (χ4v) is 5.04. The van der Waals surface area contributed by atoms with E-state index in [2.05, 4.69) is 58.4 Å². The largest absolute Gasteiger partial charge is 0.492 e. The summed E-state index contributed by atoms with van der Waals surface area (Å²) in [7, 11) is 0. The van der Waals surface area contributed by atoms with Gasteiger partial charge in [0, 0.05) is 31.4 Å². The van der Waals surface area contributed by atoms with Gasteiger partial charge in [-0.2, -0.15) is 0 Å². The number of ether oxygens (including phenoxy) is 1.